The number of nitrogens with zero attached hydrogens (tertiary/aromatic N) is 1. The number of halogens is 1. The first-order valence-corrected chi connectivity index (χ1v) is 9.53. The number of allylic oxidation sites excluding steroid dienone is 2. The minimum atomic E-state index is -0.423. The number of benzene rings is 2. The van der Waals surface area contributed by atoms with Gasteiger partial charge in [0.15, 0.2) is 0 Å². The number of hydrogen-bond donors (Lipinski definition) is 1. The molecule has 2 aliphatic rings. The summed E-state index contributed by atoms with van der Waals surface area (Å²) in [5.74, 6) is -1.60. The summed E-state index contributed by atoms with van der Waals surface area (Å²) in [7, 11) is 0. The quantitative estimate of drug-likeness (QED) is 0.618. The summed E-state index contributed by atoms with van der Waals surface area (Å²) in [6.45, 7) is 1.97. The second-order valence-electron chi connectivity index (χ2n) is 7.17. The molecule has 3 amide bonds. The third-order valence-electron chi connectivity index (χ3n) is 5.33. The topological polar surface area (TPSA) is 66.5 Å². The third-order valence-corrected chi connectivity index (χ3v) is 5.66. The SMILES string of the molecule is CC1=CC[C@@H]2C(=O)N(c3ccccc3C(=O)Nc3ccccc3Cl)C(=O)[C@@H]2C1. The van der Waals surface area contributed by atoms with Gasteiger partial charge in [-0.25, -0.2) is 4.90 Å². The average Bonchev–Trinajstić information content (AvgIpc) is 2.93. The van der Waals surface area contributed by atoms with E-state index < -0.39 is 5.91 Å². The van der Waals surface area contributed by atoms with Crippen LogP contribution in [0, 0.1) is 11.8 Å². The van der Waals surface area contributed by atoms with Gasteiger partial charge in [-0.15, -0.1) is 0 Å². The van der Waals surface area contributed by atoms with Gasteiger partial charge in [-0.3, -0.25) is 14.4 Å². The lowest BCUT2D eigenvalue weighted by molar-refractivity contribution is -0.122. The molecule has 0 radical (unpaired) electrons. The Morgan fingerprint density at radius 3 is 2.50 bits per heavy atom. The minimum absolute atomic E-state index is 0.236. The number of carbonyl (C=O) groups excluding carboxylic acids is 3. The van der Waals surface area contributed by atoms with Gasteiger partial charge in [0.1, 0.15) is 0 Å². The van der Waals surface area contributed by atoms with Gasteiger partial charge in [0, 0.05) is 0 Å². The van der Waals surface area contributed by atoms with Gasteiger partial charge in [0.25, 0.3) is 5.91 Å². The Kier molecular flexibility index (Phi) is 4.77. The molecule has 28 heavy (non-hydrogen) atoms. The van der Waals surface area contributed by atoms with E-state index in [9.17, 15) is 14.4 Å². The molecular weight excluding hydrogens is 376 g/mol. The van der Waals surface area contributed by atoms with Gasteiger partial charge in [-0.05, 0) is 44.0 Å². The molecule has 6 heteroatoms. The van der Waals surface area contributed by atoms with E-state index in [1.165, 1.54) is 4.90 Å². The summed E-state index contributed by atoms with van der Waals surface area (Å²) >= 11 is 6.13. The molecule has 1 heterocycles. The Morgan fingerprint density at radius 2 is 1.71 bits per heavy atom. The fourth-order valence-electron chi connectivity index (χ4n) is 3.89. The van der Waals surface area contributed by atoms with Crippen LogP contribution in [0.15, 0.2) is 60.2 Å². The standard InChI is InChI=1S/C22H19ClN2O3/c1-13-10-11-14-16(12-13)22(28)25(21(14)27)19-9-5-2-6-15(19)20(26)24-18-8-4-3-7-17(18)23/h2-10,14,16H,11-12H2,1H3,(H,24,26)/t14-,16+/m0/s1. The van der Waals surface area contributed by atoms with Crippen molar-refractivity contribution >= 4 is 40.7 Å². The maximum Gasteiger partial charge on any atom is 0.257 e. The summed E-state index contributed by atoms with van der Waals surface area (Å²) in [6.07, 6.45) is 3.16. The van der Waals surface area contributed by atoms with Crippen LogP contribution in [0.2, 0.25) is 5.02 Å². The summed E-state index contributed by atoms with van der Waals surface area (Å²) < 4.78 is 0. The molecule has 0 spiro atoms. The van der Waals surface area contributed by atoms with E-state index in [-0.39, 0.29) is 29.2 Å². The average molecular weight is 395 g/mol. The molecule has 0 saturated carbocycles. The van der Waals surface area contributed by atoms with Crippen molar-refractivity contribution in [2.45, 2.75) is 19.8 Å². The van der Waals surface area contributed by atoms with Crippen LogP contribution in [0.25, 0.3) is 0 Å². The van der Waals surface area contributed by atoms with Crippen LogP contribution in [-0.2, 0) is 9.59 Å². The van der Waals surface area contributed by atoms with Gasteiger partial charge < -0.3 is 5.32 Å². The van der Waals surface area contributed by atoms with Crippen LogP contribution in [0.3, 0.4) is 0 Å². The summed E-state index contributed by atoms with van der Waals surface area (Å²) in [5.41, 5.74) is 2.16. The van der Waals surface area contributed by atoms with Crippen LogP contribution >= 0.6 is 11.6 Å². The minimum Gasteiger partial charge on any atom is -0.321 e. The lowest BCUT2D eigenvalue weighted by Crippen LogP contribution is -2.33. The number of carbonyl (C=O) groups is 3. The third kappa shape index (κ3) is 3.12. The predicted octanol–water partition coefficient (Wildman–Crippen LogP) is 4.44. The van der Waals surface area contributed by atoms with Gasteiger partial charge in [0.2, 0.25) is 11.8 Å². The second-order valence-corrected chi connectivity index (χ2v) is 7.57. The molecular formula is C22H19ClN2O3. The number of imide groups is 1. The molecule has 0 aromatic heterocycles. The van der Waals surface area contributed by atoms with E-state index in [1.807, 2.05) is 13.0 Å². The van der Waals surface area contributed by atoms with E-state index >= 15 is 0 Å². The zero-order valence-electron chi connectivity index (χ0n) is 15.3. The molecule has 4 rings (SSSR count). The number of nitrogens with one attached hydrogen (secondary N) is 1. The molecule has 2 aromatic rings. The first-order chi connectivity index (χ1) is 13.5. The van der Waals surface area contributed by atoms with Gasteiger partial charge >= 0.3 is 0 Å². The lowest BCUT2D eigenvalue weighted by atomic mass is 9.82. The van der Waals surface area contributed by atoms with Crippen molar-refractivity contribution in [3.8, 4) is 0 Å². The maximum atomic E-state index is 13.0. The molecule has 2 atom stereocenters. The summed E-state index contributed by atoms with van der Waals surface area (Å²) in [5, 5.41) is 3.17. The number of amides is 3. The Labute approximate surface area is 168 Å². The molecule has 1 fully saturated rings. The van der Waals surface area contributed by atoms with Crippen LogP contribution in [0.4, 0.5) is 11.4 Å². The van der Waals surface area contributed by atoms with E-state index in [0.29, 0.717) is 29.2 Å². The summed E-state index contributed by atoms with van der Waals surface area (Å²) in [6, 6.07) is 13.6. The zero-order valence-corrected chi connectivity index (χ0v) is 16.1. The number of rotatable bonds is 3. The van der Waals surface area contributed by atoms with E-state index in [0.717, 1.165) is 5.57 Å². The summed E-state index contributed by atoms with van der Waals surface area (Å²) in [4.78, 5) is 40.1. The van der Waals surface area contributed by atoms with Crippen LogP contribution < -0.4 is 10.2 Å². The molecule has 1 aliphatic heterocycles. The van der Waals surface area contributed by atoms with Crippen LogP contribution in [0.5, 0.6) is 0 Å². The fourth-order valence-corrected chi connectivity index (χ4v) is 4.07. The number of para-hydroxylation sites is 2. The van der Waals surface area contributed by atoms with Crippen molar-refractivity contribution < 1.29 is 14.4 Å². The normalized spacial score (nSPS) is 21.4. The number of anilines is 2. The lowest BCUT2D eigenvalue weighted by Gasteiger charge is -2.19. The van der Waals surface area contributed by atoms with E-state index in [2.05, 4.69) is 5.32 Å². The number of fused-ring (bicyclic) bond motifs is 1. The Bertz CT molecular complexity index is 1010. The molecule has 1 saturated heterocycles. The molecule has 0 bridgehead atoms. The Balaban J connectivity index is 1.67. The molecule has 2 aromatic carbocycles. The second kappa shape index (κ2) is 7.24. The van der Waals surface area contributed by atoms with Gasteiger partial charge in [0.05, 0.1) is 33.8 Å². The largest absolute Gasteiger partial charge is 0.321 e. The highest BCUT2D eigenvalue weighted by Gasteiger charge is 2.49. The molecule has 1 aliphatic carbocycles. The van der Waals surface area contributed by atoms with Crippen molar-refractivity contribution in [3.63, 3.8) is 0 Å². The van der Waals surface area contributed by atoms with Crippen molar-refractivity contribution in [1.29, 1.82) is 0 Å². The molecule has 5 nitrogen and oxygen atoms in total. The van der Waals surface area contributed by atoms with Crippen LogP contribution in [0.1, 0.15) is 30.1 Å². The van der Waals surface area contributed by atoms with Crippen LogP contribution in [-0.4, -0.2) is 17.7 Å². The fraction of sp³-hybridized carbons (Fsp3) is 0.227. The number of hydrogen-bond acceptors (Lipinski definition) is 3. The van der Waals surface area contributed by atoms with Gasteiger partial charge in [-0.1, -0.05) is 47.5 Å². The van der Waals surface area contributed by atoms with E-state index in [4.69, 9.17) is 11.6 Å². The smallest absolute Gasteiger partial charge is 0.257 e. The molecule has 0 unspecified atom stereocenters. The van der Waals surface area contributed by atoms with Crippen molar-refractivity contribution in [2.75, 3.05) is 10.2 Å². The van der Waals surface area contributed by atoms with E-state index in [1.54, 1.807) is 48.5 Å². The van der Waals surface area contributed by atoms with Gasteiger partial charge in [-0.2, -0.15) is 0 Å². The zero-order chi connectivity index (χ0) is 19.8. The Hall–Kier alpha value is -2.92. The molecule has 142 valence electrons. The maximum absolute atomic E-state index is 13.0. The highest BCUT2D eigenvalue weighted by molar-refractivity contribution is 6.34. The Morgan fingerprint density at radius 1 is 1.04 bits per heavy atom. The monoisotopic (exact) mass is 394 g/mol. The van der Waals surface area contributed by atoms with Crippen molar-refractivity contribution in [1.82, 2.24) is 0 Å². The first kappa shape index (κ1) is 18.4. The van der Waals surface area contributed by atoms with Crippen molar-refractivity contribution in [3.05, 3.63) is 70.8 Å². The highest BCUT2D eigenvalue weighted by Crippen LogP contribution is 2.40. The molecule has 1 N–H and O–H groups in total. The van der Waals surface area contributed by atoms with Crippen molar-refractivity contribution in [2.24, 2.45) is 11.8 Å². The highest BCUT2D eigenvalue weighted by atomic mass is 35.5. The predicted molar refractivity (Wildman–Crippen MR) is 108 cm³/mol. The first-order valence-electron chi connectivity index (χ1n) is 9.15.